The number of carboxylic acids is 1. The fraction of sp³-hybridized carbons (Fsp3) is 0.400. The molecule has 15 heavy (non-hydrogen) atoms. The molecule has 0 aliphatic rings. The summed E-state index contributed by atoms with van der Waals surface area (Å²) in [4.78, 5) is 23.4. The van der Waals surface area contributed by atoms with Gasteiger partial charge in [-0.2, -0.15) is 4.68 Å². The molecule has 0 spiro atoms. The maximum Gasteiger partial charge on any atom is 0.492 e. The molecular formula is C5H6BrN5O4. The largest absolute Gasteiger partial charge is 0.492 e. The van der Waals surface area contributed by atoms with Gasteiger partial charge in [0.2, 0.25) is 0 Å². The van der Waals surface area contributed by atoms with Crippen LogP contribution in [-0.2, 0) is 11.3 Å². The van der Waals surface area contributed by atoms with E-state index in [2.05, 4.69) is 26.0 Å². The van der Waals surface area contributed by atoms with E-state index in [1.807, 2.05) is 0 Å². The highest BCUT2D eigenvalue weighted by atomic mass is 79.9. The standard InChI is InChI=1S/C5H6BrN5O4/c6-4-8-5(11(14)15)9-10(4)1-2(7)3(12)13/h2H,1,7H2,(H,12,13). The van der Waals surface area contributed by atoms with Gasteiger partial charge in [0, 0.05) is 21.0 Å². The number of hydrogen-bond donors (Lipinski definition) is 2. The molecule has 1 atom stereocenters. The Morgan fingerprint density at radius 2 is 2.40 bits per heavy atom. The van der Waals surface area contributed by atoms with Crippen LogP contribution in [0.25, 0.3) is 0 Å². The summed E-state index contributed by atoms with van der Waals surface area (Å²) in [5.74, 6) is -1.83. The molecule has 9 nitrogen and oxygen atoms in total. The number of carboxylic acid groups (broad SMARTS) is 1. The van der Waals surface area contributed by atoms with E-state index in [1.54, 1.807) is 0 Å². The number of aromatic nitrogens is 3. The van der Waals surface area contributed by atoms with E-state index in [1.165, 1.54) is 0 Å². The molecule has 1 aromatic rings. The molecule has 1 heterocycles. The number of rotatable bonds is 4. The number of nitro groups is 1. The quantitative estimate of drug-likeness (QED) is 0.552. The minimum Gasteiger partial charge on any atom is -0.480 e. The Bertz CT molecular complexity index is 404. The first-order chi connectivity index (χ1) is 6.91. The van der Waals surface area contributed by atoms with Gasteiger partial charge in [0.25, 0.3) is 4.73 Å². The Labute approximate surface area is 91.2 Å². The average Bonchev–Trinajstić information content (AvgIpc) is 2.47. The van der Waals surface area contributed by atoms with E-state index in [4.69, 9.17) is 10.8 Å². The first-order valence-electron chi connectivity index (χ1n) is 3.65. The Balaban J connectivity index is 2.86. The normalized spacial score (nSPS) is 12.4. The first kappa shape index (κ1) is 11.5. The van der Waals surface area contributed by atoms with Crippen LogP contribution in [0.1, 0.15) is 0 Å². The molecule has 0 amide bonds. The molecule has 0 radical (unpaired) electrons. The molecule has 10 heteroatoms. The van der Waals surface area contributed by atoms with Crippen LogP contribution < -0.4 is 5.73 Å². The van der Waals surface area contributed by atoms with Crippen molar-refractivity contribution in [1.82, 2.24) is 14.8 Å². The number of nitrogens with zero attached hydrogens (tertiary/aromatic N) is 4. The van der Waals surface area contributed by atoms with Crippen molar-refractivity contribution in [3.8, 4) is 0 Å². The van der Waals surface area contributed by atoms with Crippen LogP contribution in [0, 0.1) is 10.1 Å². The molecule has 1 unspecified atom stereocenters. The van der Waals surface area contributed by atoms with Crippen LogP contribution in [0.4, 0.5) is 5.95 Å². The highest BCUT2D eigenvalue weighted by Gasteiger charge is 2.23. The molecule has 0 aliphatic heterocycles. The summed E-state index contributed by atoms with van der Waals surface area (Å²) in [6.07, 6.45) is 0. The zero-order valence-corrected chi connectivity index (χ0v) is 8.79. The van der Waals surface area contributed by atoms with Gasteiger partial charge in [-0.1, -0.05) is 0 Å². The van der Waals surface area contributed by atoms with Gasteiger partial charge < -0.3 is 21.0 Å². The maximum atomic E-state index is 10.4. The van der Waals surface area contributed by atoms with Gasteiger partial charge in [-0.25, -0.2) is 0 Å². The smallest absolute Gasteiger partial charge is 0.480 e. The lowest BCUT2D eigenvalue weighted by Gasteiger charge is -2.02. The predicted octanol–water partition coefficient (Wildman–Crippen LogP) is -0.639. The summed E-state index contributed by atoms with van der Waals surface area (Å²) in [7, 11) is 0. The fourth-order valence-corrected chi connectivity index (χ4v) is 1.15. The van der Waals surface area contributed by atoms with E-state index >= 15 is 0 Å². The molecule has 1 aromatic heterocycles. The lowest BCUT2D eigenvalue weighted by Crippen LogP contribution is -2.35. The van der Waals surface area contributed by atoms with Crippen LogP contribution in [0.15, 0.2) is 4.73 Å². The number of hydrogen-bond acceptors (Lipinski definition) is 6. The van der Waals surface area contributed by atoms with E-state index in [9.17, 15) is 14.9 Å². The number of carbonyl (C=O) groups is 1. The Morgan fingerprint density at radius 3 is 2.80 bits per heavy atom. The molecular weight excluding hydrogens is 274 g/mol. The third-order valence-corrected chi connectivity index (χ3v) is 2.05. The molecule has 0 saturated carbocycles. The molecule has 0 aromatic carbocycles. The van der Waals surface area contributed by atoms with Crippen molar-refractivity contribution in [2.75, 3.05) is 0 Å². The highest BCUT2D eigenvalue weighted by Crippen LogP contribution is 2.12. The molecule has 0 aliphatic carbocycles. The topological polar surface area (TPSA) is 137 Å². The predicted molar refractivity (Wildman–Crippen MR) is 50.0 cm³/mol. The second-order valence-corrected chi connectivity index (χ2v) is 3.27. The average molecular weight is 280 g/mol. The van der Waals surface area contributed by atoms with E-state index in [0.29, 0.717) is 0 Å². The maximum absolute atomic E-state index is 10.4. The zero-order valence-electron chi connectivity index (χ0n) is 7.20. The SMILES string of the molecule is NC(Cn1nc([N+](=O)[O-])nc1Br)C(=O)O. The van der Waals surface area contributed by atoms with Crippen molar-refractivity contribution >= 4 is 27.8 Å². The number of halogens is 1. The second kappa shape index (κ2) is 4.31. The van der Waals surface area contributed by atoms with Gasteiger partial charge in [-0.05, 0) is 9.91 Å². The summed E-state index contributed by atoms with van der Waals surface area (Å²) >= 11 is 2.90. The monoisotopic (exact) mass is 279 g/mol. The number of aliphatic carboxylic acids is 1. The van der Waals surface area contributed by atoms with Crippen LogP contribution in [0.3, 0.4) is 0 Å². The lowest BCUT2D eigenvalue weighted by molar-refractivity contribution is -0.394. The van der Waals surface area contributed by atoms with Crippen molar-refractivity contribution in [2.45, 2.75) is 12.6 Å². The Hall–Kier alpha value is -1.55. The van der Waals surface area contributed by atoms with Crippen LogP contribution in [-0.4, -0.2) is 36.8 Å². The molecule has 0 saturated heterocycles. The summed E-state index contributed by atoms with van der Waals surface area (Å²) in [5.41, 5.74) is 5.22. The lowest BCUT2D eigenvalue weighted by atomic mass is 10.3. The molecule has 3 N–H and O–H groups in total. The van der Waals surface area contributed by atoms with Gasteiger partial charge in [-0.3, -0.25) is 4.79 Å². The fourth-order valence-electron chi connectivity index (χ4n) is 0.770. The van der Waals surface area contributed by atoms with Gasteiger partial charge in [-0.15, -0.1) is 0 Å². The van der Waals surface area contributed by atoms with Crippen LogP contribution in [0.2, 0.25) is 0 Å². The van der Waals surface area contributed by atoms with Gasteiger partial charge in [0.1, 0.15) is 6.04 Å². The summed E-state index contributed by atoms with van der Waals surface area (Å²) in [6.45, 7) is -0.198. The van der Waals surface area contributed by atoms with E-state index < -0.39 is 22.9 Å². The Morgan fingerprint density at radius 1 is 1.80 bits per heavy atom. The van der Waals surface area contributed by atoms with E-state index in [-0.39, 0.29) is 11.3 Å². The number of nitrogens with two attached hydrogens (primary N) is 1. The van der Waals surface area contributed by atoms with Crippen molar-refractivity contribution in [3.05, 3.63) is 14.8 Å². The second-order valence-electron chi connectivity index (χ2n) is 2.56. The molecule has 1 rings (SSSR count). The Kier molecular flexibility index (Phi) is 3.31. The van der Waals surface area contributed by atoms with Gasteiger partial charge in [0.15, 0.2) is 0 Å². The molecule has 0 bridgehead atoms. The minimum absolute atomic E-state index is 0.0610. The van der Waals surface area contributed by atoms with Gasteiger partial charge >= 0.3 is 11.9 Å². The first-order valence-corrected chi connectivity index (χ1v) is 4.44. The van der Waals surface area contributed by atoms with E-state index in [0.717, 1.165) is 4.68 Å². The molecule has 0 fully saturated rings. The summed E-state index contributed by atoms with van der Waals surface area (Å²) < 4.78 is 1.07. The van der Waals surface area contributed by atoms with Crippen LogP contribution in [0.5, 0.6) is 0 Å². The van der Waals surface area contributed by atoms with Crippen LogP contribution >= 0.6 is 15.9 Å². The van der Waals surface area contributed by atoms with Crippen molar-refractivity contribution in [3.63, 3.8) is 0 Å². The third-order valence-electron chi connectivity index (χ3n) is 1.47. The zero-order chi connectivity index (χ0) is 11.6. The molecule has 82 valence electrons. The third kappa shape index (κ3) is 2.70. The van der Waals surface area contributed by atoms with Crippen molar-refractivity contribution < 1.29 is 14.8 Å². The summed E-state index contributed by atoms with van der Waals surface area (Å²) in [6, 6.07) is -1.19. The minimum atomic E-state index is -1.22. The van der Waals surface area contributed by atoms with Crippen molar-refractivity contribution in [2.24, 2.45) is 5.73 Å². The van der Waals surface area contributed by atoms with Crippen molar-refractivity contribution in [1.29, 1.82) is 0 Å². The van der Waals surface area contributed by atoms with Gasteiger partial charge in [0.05, 0.1) is 6.54 Å². The highest BCUT2D eigenvalue weighted by molar-refractivity contribution is 9.10. The summed E-state index contributed by atoms with van der Waals surface area (Å²) in [5, 5.41) is 22.2.